The summed E-state index contributed by atoms with van der Waals surface area (Å²) < 4.78 is 5.20. The SMILES string of the molecule is COc1cc(C[C@@H](O)[C@@H]2NC(=O)[C@@H]3C[C@@H](O)CN3C(=O)[C@H]([C@@H](C)O)NC(=O)C(NC(=O)c3ccc(-c4nnc(-c5ccc(N6CCN(CC7CCCC7)CC6)cc5)s4)cc3)C[C@@H](O)CNC(=O)[C@@H]3[C@@H](O)[C@@H](C)CN3C(=O)[C@H]([C@H](O)CCN)NC2=O)ccc1O. The minimum Gasteiger partial charge on any atom is -0.504 e. The van der Waals surface area contributed by atoms with Crippen molar-refractivity contribution in [2.24, 2.45) is 17.6 Å². The van der Waals surface area contributed by atoms with Gasteiger partial charge in [0.2, 0.25) is 35.4 Å². The molecular formula is C61H82N12O15S. The van der Waals surface area contributed by atoms with Crippen LogP contribution in [0, 0.1) is 11.8 Å². The molecule has 1 aromatic heterocycles. The maximum atomic E-state index is 14.7. The smallest absolute Gasteiger partial charge is 0.251 e. The summed E-state index contributed by atoms with van der Waals surface area (Å²) in [6, 6.07) is 7.66. The van der Waals surface area contributed by atoms with Gasteiger partial charge >= 0.3 is 0 Å². The number of β-amino-alcohol motifs (C(OH)–C–C–N with tert-alkyl or cyclic N) is 1. The van der Waals surface area contributed by atoms with Crippen molar-refractivity contribution in [2.45, 2.75) is 138 Å². The lowest BCUT2D eigenvalue weighted by Gasteiger charge is -2.37. The molecule has 5 fully saturated rings. The third-order valence-corrected chi connectivity index (χ3v) is 18.6. The number of hydrogen-bond donors (Lipinski definition) is 13. The molecule has 0 radical (unpaired) electrons. The van der Waals surface area contributed by atoms with Gasteiger partial charge < -0.3 is 87.5 Å². The number of aliphatic hydroxyl groups excluding tert-OH is 6. The van der Waals surface area contributed by atoms with E-state index in [0.717, 1.165) is 60.1 Å². The number of phenolic OH excluding ortho intramolecular Hbond substituents is 1. The lowest BCUT2D eigenvalue weighted by atomic mass is 9.98. The Morgan fingerprint density at radius 1 is 0.753 bits per heavy atom. The van der Waals surface area contributed by atoms with Crippen LogP contribution in [0.4, 0.5) is 5.69 Å². The van der Waals surface area contributed by atoms with Crippen LogP contribution in [-0.4, -0.2) is 241 Å². The largest absolute Gasteiger partial charge is 0.504 e. The van der Waals surface area contributed by atoms with E-state index in [4.69, 9.17) is 10.5 Å². The molecule has 89 heavy (non-hydrogen) atoms. The van der Waals surface area contributed by atoms with Gasteiger partial charge in [0, 0.05) is 99.9 Å². The highest BCUT2D eigenvalue weighted by Gasteiger charge is 2.50. The fourth-order valence-electron chi connectivity index (χ4n) is 12.5. The van der Waals surface area contributed by atoms with Crippen LogP contribution in [0.2, 0.25) is 0 Å². The number of carbonyl (C=O) groups excluding carboxylic acids is 7. The quantitative estimate of drug-likeness (QED) is 0.0624. The van der Waals surface area contributed by atoms with Crippen molar-refractivity contribution in [3.8, 4) is 32.6 Å². The van der Waals surface area contributed by atoms with E-state index < -0.39 is 152 Å². The van der Waals surface area contributed by atoms with Gasteiger partial charge in [0.1, 0.15) is 46.3 Å². The first-order valence-corrected chi connectivity index (χ1v) is 31.2. The number of phenols is 1. The highest BCUT2D eigenvalue weighted by Crippen LogP contribution is 2.33. The second-order valence-electron chi connectivity index (χ2n) is 24.1. The minimum atomic E-state index is -2.02. The highest BCUT2D eigenvalue weighted by molar-refractivity contribution is 7.17. The van der Waals surface area contributed by atoms with E-state index in [1.807, 2.05) is 12.1 Å². The Morgan fingerprint density at radius 3 is 2.02 bits per heavy atom. The Bertz CT molecular complexity index is 3140. The molecule has 1 aliphatic carbocycles. The second kappa shape index (κ2) is 29.5. The Labute approximate surface area is 519 Å². The van der Waals surface area contributed by atoms with Gasteiger partial charge in [-0.3, -0.25) is 38.5 Å². The number of aromatic hydroxyl groups is 1. The standard InChI is InChI=1S/C61H82N12O15S/c1-32-29-73-51(52(32)80)57(85)63-28-40(75)26-42(64-53(81)36-9-11-37(12-10-36)58-68-69-59(89-58)38-13-15-39(16-14-38)71-22-20-70(21-23-71)30-34-6-4-5-7-34)54(82)65-48(33(2)74)60(86)72-31-41(76)27-43(72)55(83)66-49(56(84)67-50(61(73)87)45(78)18-19-62)46(79)24-35-8-17-44(77)47(25-35)88-3/h8-17,25,32-34,40-43,45-46,48-52,74-80H,4-7,18-24,26-31,62H2,1-3H3,(H,63,85)(H,64,81)(H,65,82)(H,66,83)(H,67,84)/t32-,33+,40+,41+,42?,43-,45+,46+,48-,49-,50-,51-,52-/m0/s1. The zero-order chi connectivity index (χ0) is 63.8. The monoisotopic (exact) mass is 1250 g/mol. The molecular weight excluding hydrogens is 1170 g/mol. The van der Waals surface area contributed by atoms with Gasteiger partial charge in [-0.2, -0.15) is 0 Å². The first-order chi connectivity index (χ1) is 42.6. The summed E-state index contributed by atoms with van der Waals surface area (Å²) in [6.07, 6.45) is -6.35. The Kier molecular flexibility index (Phi) is 21.9. The van der Waals surface area contributed by atoms with Crippen molar-refractivity contribution >= 4 is 58.4 Å². The minimum absolute atomic E-state index is 0.00112. The van der Waals surface area contributed by atoms with Crippen LogP contribution in [0.1, 0.15) is 74.7 Å². The summed E-state index contributed by atoms with van der Waals surface area (Å²) in [4.78, 5) is 108. The third kappa shape index (κ3) is 15.8. The summed E-state index contributed by atoms with van der Waals surface area (Å²) in [6.45, 7) is 6.23. The van der Waals surface area contributed by atoms with Crippen molar-refractivity contribution in [3.63, 3.8) is 0 Å². The van der Waals surface area contributed by atoms with E-state index in [1.54, 1.807) is 19.1 Å². The van der Waals surface area contributed by atoms with E-state index in [-0.39, 0.29) is 42.1 Å². The number of amides is 7. The van der Waals surface area contributed by atoms with Crippen LogP contribution < -0.4 is 42.0 Å². The maximum absolute atomic E-state index is 14.7. The molecule has 1 unspecified atom stereocenters. The molecule has 14 N–H and O–H groups in total. The number of carbonyl (C=O) groups is 7. The van der Waals surface area contributed by atoms with Gasteiger partial charge in [0.25, 0.3) is 5.91 Å². The molecule has 1 saturated carbocycles. The summed E-state index contributed by atoms with van der Waals surface area (Å²) in [5.41, 5.74) is 8.79. The molecule has 9 rings (SSSR count). The van der Waals surface area contributed by atoms with Crippen LogP contribution in [0.5, 0.6) is 11.5 Å². The summed E-state index contributed by atoms with van der Waals surface area (Å²) in [7, 11) is 1.28. The third-order valence-electron chi connectivity index (χ3n) is 17.6. The van der Waals surface area contributed by atoms with Crippen molar-refractivity contribution in [3.05, 3.63) is 77.9 Å². The van der Waals surface area contributed by atoms with Gasteiger partial charge in [-0.1, -0.05) is 49.3 Å². The first-order valence-electron chi connectivity index (χ1n) is 30.4. The molecule has 28 heteroatoms. The second-order valence-corrected chi connectivity index (χ2v) is 25.0. The summed E-state index contributed by atoms with van der Waals surface area (Å²) in [5, 5.41) is 101. The van der Waals surface area contributed by atoms with Crippen LogP contribution in [0.3, 0.4) is 0 Å². The van der Waals surface area contributed by atoms with Gasteiger partial charge in [0.15, 0.2) is 11.5 Å². The number of anilines is 1. The normalized spacial score (nSPS) is 27.6. The number of hydrogen-bond acceptors (Lipinski definition) is 21. The molecule has 27 nitrogen and oxygen atoms in total. The number of methoxy groups -OCH3 is 1. The van der Waals surface area contributed by atoms with Crippen molar-refractivity contribution in [1.82, 2.24) is 51.5 Å². The number of piperazine rings is 1. The molecule has 482 valence electrons. The lowest BCUT2D eigenvalue weighted by Crippen LogP contribution is -2.64. The molecule has 4 aliphatic heterocycles. The molecule has 5 aliphatic rings. The zero-order valence-electron chi connectivity index (χ0n) is 50.0. The average Bonchev–Trinajstić information content (AvgIpc) is 2.19. The molecule has 3 aromatic carbocycles. The summed E-state index contributed by atoms with van der Waals surface area (Å²) >= 11 is 1.36. The average molecular weight is 1260 g/mol. The molecule has 0 bridgehead atoms. The molecule has 0 spiro atoms. The van der Waals surface area contributed by atoms with E-state index in [1.165, 1.54) is 81.0 Å². The number of nitrogens with one attached hydrogen (secondary N) is 5. The van der Waals surface area contributed by atoms with Crippen LogP contribution >= 0.6 is 11.3 Å². The highest BCUT2D eigenvalue weighted by atomic mass is 32.1. The number of aromatic nitrogens is 2. The van der Waals surface area contributed by atoms with Crippen molar-refractivity contribution in [1.29, 1.82) is 0 Å². The number of fused-ring (bicyclic) bond motifs is 2. The number of aliphatic hydroxyl groups is 6. The van der Waals surface area contributed by atoms with Gasteiger partial charge in [-0.05, 0) is 92.7 Å². The van der Waals surface area contributed by atoms with E-state index in [2.05, 4.69) is 58.7 Å². The molecule has 13 atom stereocenters. The fourth-order valence-corrected chi connectivity index (χ4v) is 13.3. The predicted molar refractivity (Wildman–Crippen MR) is 325 cm³/mol. The topological polar surface area (TPSA) is 395 Å². The van der Waals surface area contributed by atoms with Crippen molar-refractivity contribution < 1.29 is 74.0 Å². The van der Waals surface area contributed by atoms with Crippen molar-refractivity contribution in [2.75, 3.05) is 70.9 Å². The summed E-state index contributed by atoms with van der Waals surface area (Å²) in [5.74, 6) is -7.67. The van der Waals surface area contributed by atoms with E-state index >= 15 is 0 Å². The van der Waals surface area contributed by atoms with Gasteiger partial charge in [-0.15, -0.1) is 10.2 Å². The van der Waals surface area contributed by atoms with Crippen LogP contribution in [0.15, 0.2) is 66.7 Å². The molecule has 7 amide bonds. The number of rotatable bonds is 15. The Balaban J connectivity index is 0.951. The zero-order valence-corrected chi connectivity index (χ0v) is 50.8. The molecule has 5 heterocycles. The first kappa shape index (κ1) is 66.0. The number of benzene rings is 3. The number of ether oxygens (including phenoxy) is 1. The molecule has 4 aromatic rings. The number of nitrogens with zero attached hydrogens (tertiary/aromatic N) is 6. The lowest BCUT2D eigenvalue weighted by molar-refractivity contribution is -0.147. The maximum Gasteiger partial charge on any atom is 0.251 e. The van der Waals surface area contributed by atoms with Gasteiger partial charge in [-0.25, -0.2) is 0 Å². The molecule has 4 saturated heterocycles. The predicted octanol–water partition coefficient (Wildman–Crippen LogP) is -1.80. The number of nitrogens with two attached hydrogens (primary N) is 1. The van der Waals surface area contributed by atoms with Gasteiger partial charge in [0.05, 0.1) is 43.7 Å². The Hall–Kier alpha value is -7.41. The van der Waals surface area contributed by atoms with E-state index in [9.17, 15) is 69.3 Å². The van der Waals surface area contributed by atoms with E-state index in [0.29, 0.717) is 15.6 Å². The van der Waals surface area contributed by atoms with Crippen LogP contribution in [0.25, 0.3) is 21.1 Å². The van der Waals surface area contributed by atoms with Crippen LogP contribution in [-0.2, 0) is 35.2 Å². The fraction of sp³-hybridized carbons (Fsp3) is 0.557. The Morgan fingerprint density at radius 2 is 1.38 bits per heavy atom.